The topological polar surface area (TPSA) is 102 Å². The maximum absolute atomic E-state index is 13.0. The third-order valence-corrected chi connectivity index (χ3v) is 6.54. The van der Waals surface area contributed by atoms with Crippen molar-refractivity contribution in [3.05, 3.63) is 90.6 Å². The molecule has 1 aromatic carbocycles. The number of carbonyl (C=O) groups is 3. The predicted octanol–water partition coefficient (Wildman–Crippen LogP) is 8.54. The van der Waals surface area contributed by atoms with Crippen LogP contribution in [0.4, 0.5) is 0 Å². The Balaban J connectivity index is 2.35. The third kappa shape index (κ3) is 18.1. The van der Waals surface area contributed by atoms with Crippen LogP contribution in [-0.2, 0) is 14.3 Å². The molecule has 44 heavy (non-hydrogen) atoms. The Kier molecular flexibility index (Phi) is 21.5. The van der Waals surface area contributed by atoms with E-state index < -0.39 is 24.1 Å². The molecule has 7 heteroatoms. The molecule has 0 spiro atoms. The van der Waals surface area contributed by atoms with Gasteiger partial charge in [-0.2, -0.15) is 0 Å². The minimum atomic E-state index is -1.20. The van der Waals surface area contributed by atoms with Gasteiger partial charge in [-0.3, -0.25) is 4.79 Å². The van der Waals surface area contributed by atoms with Crippen LogP contribution in [0.15, 0.2) is 85.0 Å². The van der Waals surface area contributed by atoms with Crippen LogP contribution < -0.4 is 10.1 Å². The van der Waals surface area contributed by atoms with Gasteiger partial charge in [0.05, 0.1) is 0 Å². The van der Waals surface area contributed by atoms with E-state index in [-0.39, 0.29) is 23.1 Å². The van der Waals surface area contributed by atoms with Gasteiger partial charge in [0.1, 0.15) is 23.5 Å². The van der Waals surface area contributed by atoms with Gasteiger partial charge in [0.25, 0.3) is 0 Å². The number of hydrogen-bond donors (Lipinski definition) is 2. The number of carboxylic acid groups (broad SMARTS) is 1. The molecule has 0 fully saturated rings. The number of benzene rings is 1. The van der Waals surface area contributed by atoms with E-state index in [1.54, 1.807) is 12.1 Å². The highest BCUT2D eigenvalue weighted by atomic mass is 16.5. The summed E-state index contributed by atoms with van der Waals surface area (Å²) in [6.45, 7) is 8.32. The summed E-state index contributed by atoms with van der Waals surface area (Å²) in [4.78, 5) is 37.4. The van der Waals surface area contributed by atoms with Crippen molar-refractivity contribution >= 4 is 17.8 Å². The van der Waals surface area contributed by atoms with Gasteiger partial charge in [-0.1, -0.05) is 101 Å². The fourth-order valence-electron chi connectivity index (χ4n) is 4.20. The van der Waals surface area contributed by atoms with E-state index in [0.29, 0.717) is 19.4 Å². The Morgan fingerprint density at radius 3 is 1.93 bits per heavy atom. The molecular weight excluding hydrogens is 554 g/mol. The summed E-state index contributed by atoms with van der Waals surface area (Å²) >= 11 is 0. The molecule has 1 aromatic rings. The van der Waals surface area contributed by atoms with Crippen molar-refractivity contribution in [3.63, 3.8) is 0 Å². The molecule has 0 aliphatic heterocycles. The summed E-state index contributed by atoms with van der Waals surface area (Å²) in [6.07, 6.45) is 29.6. The molecule has 2 N–H and O–H groups in total. The number of ether oxygens (including phenoxy) is 2. The van der Waals surface area contributed by atoms with Crippen LogP contribution in [0.1, 0.15) is 102 Å². The molecule has 1 amide bonds. The molecule has 1 rings (SSSR count). The van der Waals surface area contributed by atoms with E-state index >= 15 is 0 Å². The Labute approximate surface area is 264 Å². The summed E-state index contributed by atoms with van der Waals surface area (Å²) in [7, 11) is 0. The summed E-state index contributed by atoms with van der Waals surface area (Å²) in [5.74, 6) is -2.23. The van der Waals surface area contributed by atoms with Crippen molar-refractivity contribution in [1.82, 2.24) is 5.32 Å². The fourth-order valence-corrected chi connectivity index (χ4v) is 4.20. The second-order valence-electron chi connectivity index (χ2n) is 10.9. The molecule has 0 aliphatic carbocycles. The summed E-state index contributed by atoms with van der Waals surface area (Å²) in [5.41, 5.74) is -0.116. The van der Waals surface area contributed by atoms with Gasteiger partial charge in [-0.15, -0.1) is 0 Å². The fraction of sp³-hybridized carbons (Fsp3) is 0.486. The van der Waals surface area contributed by atoms with Crippen LogP contribution in [0.5, 0.6) is 5.75 Å². The summed E-state index contributed by atoms with van der Waals surface area (Å²) in [5, 5.41) is 12.1. The lowest BCUT2D eigenvalue weighted by Gasteiger charge is -2.23. The SMILES string of the molecule is CCC=CCC=CCC=CCC=CCC=CCCCCO[C@@H](CC)C(=O)NC(CC(C)C)C(=O)Oc1ccccc1C(=O)O. The van der Waals surface area contributed by atoms with E-state index in [9.17, 15) is 19.5 Å². The number of hydrogen-bond acceptors (Lipinski definition) is 5. The normalized spacial score (nSPS) is 13.6. The van der Waals surface area contributed by atoms with Gasteiger partial charge in [-0.05, 0) is 82.3 Å². The van der Waals surface area contributed by atoms with Crippen LogP contribution in [0, 0.1) is 5.92 Å². The minimum Gasteiger partial charge on any atom is -0.478 e. The number of unbranched alkanes of at least 4 members (excludes halogenated alkanes) is 2. The molecule has 2 atom stereocenters. The second-order valence-corrected chi connectivity index (χ2v) is 10.9. The van der Waals surface area contributed by atoms with Gasteiger partial charge in [0.2, 0.25) is 5.91 Å². The molecule has 242 valence electrons. The van der Waals surface area contributed by atoms with Crippen molar-refractivity contribution in [2.24, 2.45) is 5.92 Å². The van der Waals surface area contributed by atoms with Crippen molar-refractivity contribution in [2.75, 3.05) is 6.61 Å². The van der Waals surface area contributed by atoms with Crippen LogP contribution >= 0.6 is 0 Å². The van der Waals surface area contributed by atoms with Gasteiger partial charge in [0, 0.05) is 6.61 Å². The highest BCUT2D eigenvalue weighted by molar-refractivity contribution is 5.93. The number of nitrogens with one attached hydrogen (secondary N) is 1. The highest BCUT2D eigenvalue weighted by Gasteiger charge is 2.28. The van der Waals surface area contributed by atoms with Gasteiger partial charge < -0.3 is 19.9 Å². The second kappa shape index (κ2) is 24.7. The molecule has 0 aliphatic rings. The molecule has 0 aromatic heterocycles. The first-order chi connectivity index (χ1) is 21.3. The summed E-state index contributed by atoms with van der Waals surface area (Å²) in [6, 6.07) is 5.02. The maximum Gasteiger partial charge on any atom is 0.339 e. The molecular formula is C37H53NO6. The number of carboxylic acids is 1. The predicted molar refractivity (Wildman–Crippen MR) is 179 cm³/mol. The molecule has 0 bridgehead atoms. The lowest BCUT2D eigenvalue weighted by Crippen LogP contribution is -2.48. The Morgan fingerprint density at radius 2 is 1.39 bits per heavy atom. The number of carbonyl (C=O) groups excluding carboxylic acids is 2. The first kappa shape index (κ1) is 38.3. The maximum atomic E-state index is 13.0. The zero-order chi connectivity index (χ0) is 32.4. The van der Waals surface area contributed by atoms with Crippen molar-refractivity contribution in [1.29, 1.82) is 0 Å². The van der Waals surface area contributed by atoms with E-state index in [2.05, 4.69) is 73.0 Å². The zero-order valence-corrected chi connectivity index (χ0v) is 27.1. The van der Waals surface area contributed by atoms with Gasteiger partial charge >= 0.3 is 11.9 Å². The van der Waals surface area contributed by atoms with Crippen LogP contribution in [0.25, 0.3) is 0 Å². The Bertz CT molecular complexity index is 1110. The van der Waals surface area contributed by atoms with Crippen LogP contribution in [0.3, 0.4) is 0 Å². The number of aromatic carboxylic acids is 1. The lowest BCUT2D eigenvalue weighted by molar-refractivity contribution is -0.143. The Hall–Kier alpha value is -3.71. The molecule has 0 saturated carbocycles. The van der Waals surface area contributed by atoms with E-state index in [1.165, 1.54) is 12.1 Å². The zero-order valence-electron chi connectivity index (χ0n) is 27.1. The monoisotopic (exact) mass is 607 g/mol. The van der Waals surface area contributed by atoms with Gasteiger partial charge in [-0.25, -0.2) is 9.59 Å². The molecule has 7 nitrogen and oxygen atoms in total. The van der Waals surface area contributed by atoms with E-state index in [4.69, 9.17) is 9.47 Å². The number of rotatable bonds is 23. The number of amides is 1. The number of para-hydroxylation sites is 1. The largest absolute Gasteiger partial charge is 0.478 e. The lowest BCUT2D eigenvalue weighted by atomic mass is 10.0. The average molecular weight is 608 g/mol. The van der Waals surface area contributed by atoms with Crippen molar-refractivity contribution in [3.8, 4) is 5.75 Å². The average Bonchev–Trinajstić information content (AvgIpc) is 2.99. The van der Waals surface area contributed by atoms with Crippen LogP contribution in [-0.4, -0.2) is 41.7 Å². The Morgan fingerprint density at radius 1 is 0.818 bits per heavy atom. The first-order valence-electron chi connectivity index (χ1n) is 16.0. The van der Waals surface area contributed by atoms with E-state index in [1.807, 2.05) is 20.8 Å². The van der Waals surface area contributed by atoms with Gasteiger partial charge in [0.15, 0.2) is 0 Å². The van der Waals surface area contributed by atoms with Crippen molar-refractivity contribution in [2.45, 2.75) is 104 Å². The summed E-state index contributed by atoms with van der Waals surface area (Å²) < 4.78 is 11.2. The quantitative estimate of drug-likeness (QED) is 0.0559. The highest BCUT2D eigenvalue weighted by Crippen LogP contribution is 2.19. The first-order valence-corrected chi connectivity index (χ1v) is 16.0. The number of esters is 1. The molecule has 0 heterocycles. The molecule has 1 unspecified atom stereocenters. The number of allylic oxidation sites excluding steroid dienone is 10. The van der Waals surface area contributed by atoms with Crippen molar-refractivity contribution < 1.29 is 29.0 Å². The standard InChI is InChI=1S/C37H53NO6/c1-5-7-8-9-10-11-12-13-14-15-16-17-18-19-20-21-22-25-28-43-33(6-2)35(39)38-32(29-30(3)4)37(42)44-34-27-24-23-26-31(34)36(40)41/h7-8,10-11,13-14,16-17,19-20,23-24,26-27,30,32-33H,5-6,9,12,15,18,21-22,25,28-29H2,1-4H3,(H,38,39)(H,40,41)/t32?,33-/m0/s1. The smallest absolute Gasteiger partial charge is 0.339 e. The molecule has 0 saturated heterocycles. The third-order valence-electron chi connectivity index (χ3n) is 6.54. The van der Waals surface area contributed by atoms with E-state index in [0.717, 1.165) is 51.4 Å². The van der Waals surface area contributed by atoms with Crippen LogP contribution in [0.2, 0.25) is 0 Å². The molecule has 0 radical (unpaired) electrons. The minimum absolute atomic E-state index is 0.0520.